The van der Waals surface area contributed by atoms with E-state index in [1.54, 1.807) is 24.4 Å². The Morgan fingerprint density at radius 3 is 2.55 bits per heavy atom. The maximum absolute atomic E-state index is 14.6. The van der Waals surface area contributed by atoms with Crippen LogP contribution in [0.3, 0.4) is 0 Å². The Morgan fingerprint density at radius 2 is 1.76 bits per heavy atom. The minimum absolute atomic E-state index is 0.126. The van der Waals surface area contributed by atoms with Crippen molar-refractivity contribution in [2.45, 2.75) is 25.3 Å². The third kappa shape index (κ3) is 4.04. The van der Waals surface area contributed by atoms with Crippen molar-refractivity contribution in [1.29, 1.82) is 0 Å². The Bertz CT molecular complexity index is 1120. The molecule has 2 aromatic heterocycles. The Kier molecular flexibility index (Phi) is 5.38. The number of nitrogens with one attached hydrogen (secondary N) is 1. The Labute approximate surface area is 169 Å². The molecule has 2 unspecified atom stereocenters. The highest BCUT2D eigenvalue weighted by Gasteiger charge is 2.25. The summed E-state index contributed by atoms with van der Waals surface area (Å²) < 4.78 is 16.6. The summed E-state index contributed by atoms with van der Waals surface area (Å²) in [6.45, 7) is 1.94. The first-order chi connectivity index (χ1) is 14.1. The Hall–Kier alpha value is -3.47. The van der Waals surface area contributed by atoms with Gasteiger partial charge in [0.05, 0.1) is 11.7 Å². The van der Waals surface area contributed by atoms with Crippen LogP contribution in [-0.2, 0) is 4.79 Å². The maximum atomic E-state index is 14.6. The number of carbonyl (C=O) groups is 1. The highest BCUT2D eigenvalue weighted by molar-refractivity contribution is 5.78. The summed E-state index contributed by atoms with van der Waals surface area (Å²) in [4.78, 5) is 17.3. The van der Waals surface area contributed by atoms with Gasteiger partial charge in [-0.2, -0.15) is 0 Å². The zero-order valence-corrected chi connectivity index (χ0v) is 16.1. The number of carbonyl (C=O) groups excluding carboxylic acids is 1. The van der Waals surface area contributed by atoms with E-state index in [2.05, 4.69) is 10.3 Å². The third-order valence-corrected chi connectivity index (χ3v) is 5.15. The second-order valence-corrected chi connectivity index (χ2v) is 7.09. The van der Waals surface area contributed by atoms with Gasteiger partial charge in [0.25, 0.3) is 0 Å². The molecule has 1 amide bonds. The topological polar surface area (TPSA) is 46.4 Å². The number of hydrogen-bond donors (Lipinski definition) is 1. The van der Waals surface area contributed by atoms with Crippen LogP contribution in [0.4, 0.5) is 4.39 Å². The van der Waals surface area contributed by atoms with E-state index in [0.29, 0.717) is 5.56 Å². The van der Waals surface area contributed by atoms with Crippen molar-refractivity contribution in [3.05, 3.63) is 108 Å². The van der Waals surface area contributed by atoms with Gasteiger partial charge in [0, 0.05) is 24.7 Å². The summed E-state index contributed by atoms with van der Waals surface area (Å²) in [6.07, 6.45) is 3.73. The van der Waals surface area contributed by atoms with Crippen molar-refractivity contribution in [3.8, 4) is 0 Å². The standard InChI is InChI=1S/C24H22FN3O/c1-17(18-9-3-2-4-10-18)27-24(29)15-20(19-11-5-6-12-21(19)25)22-16-26-23-13-7-8-14-28(22)23/h2-14,16-17,20H,15H2,1H3,(H,27,29). The first-order valence-corrected chi connectivity index (χ1v) is 9.64. The van der Waals surface area contributed by atoms with Crippen LogP contribution >= 0.6 is 0 Å². The van der Waals surface area contributed by atoms with Crippen molar-refractivity contribution < 1.29 is 9.18 Å². The summed E-state index contributed by atoms with van der Waals surface area (Å²) in [5.41, 5.74) is 3.06. The summed E-state index contributed by atoms with van der Waals surface area (Å²) in [7, 11) is 0. The van der Waals surface area contributed by atoms with E-state index in [1.807, 2.05) is 66.1 Å². The van der Waals surface area contributed by atoms with Gasteiger partial charge in [0.1, 0.15) is 11.5 Å². The van der Waals surface area contributed by atoms with Crippen LogP contribution in [-0.4, -0.2) is 15.3 Å². The minimum Gasteiger partial charge on any atom is -0.350 e. The van der Waals surface area contributed by atoms with Gasteiger partial charge in [0.2, 0.25) is 5.91 Å². The molecule has 0 aliphatic carbocycles. The molecule has 29 heavy (non-hydrogen) atoms. The lowest BCUT2D eigenvalue weighted by atomic mass is 9.91. The fourth-order valence-electron chi connectivity index (χ4n) is 3.65. The number of fused-ring (bicyclic) bond motifs is 1. The lowest BCUT2D eigenvalue weighted by Crippen LogP contribution is -2.28. The van der Waals surface area contributed by atoms with Crippen LogP contribution < -0.4 is 5.32 Å². The molecule has 0 saturated heterocycles. The van der Waals surface area contributed by atoms with Crippen molar-refractivity contribution in [1.82, 2.24) is 14.7 Å². The maximum Gasteiger partial charge on any atom is 0.221 e. The highest BCUT2D eigenvalue weighted by Crippen LogP contribution is 2.30. The predicted molar refractivity (Wildman–Crippen MR) is 111 cm³/mol. The molecule has 0 aliphatic rings. The smallest absolute Gasteiger partial charge is 0.221 e. The van der Waals surface area contributed by atoms with Gasteiger partial charge in [-0.15, -0.1) is 0 Å². The number of rotatable bonds is 6. The molecule has 2 atom stereocenters. The van der Waals surface area contributed by atoms with Gasteiger partial charge in [-0.05, 0) is 36.2 Å². The van der Waals surface area contributed by atoms with E-state index < -0.39 is 5.92 Å². The number of hydrogen-bond acceptors (Lipinski definition) is 2. The summed E-state index contributed by atoms with van der Waals surface area (Å²) in [5, 5.41) is 3.03. The normalized spacial score (nSPS) is 13.2. The van der Waals surface area contributed by atoms with E-state index in [4.69, 9.17) is 0 Å². The molecule has 4 rings (SSSR count). The van der Waals surface area contributed by atoms with E-state index in [9.17, 15) is 9.18 Å². The van der Waals surface area contributed by atoms with Crippen LogP contribution in [0, 0.1) is 5.82 Å². The van der Waals surface area contributed by atoms with Gasteiger partial charge in [0.15, 0.2) is 0 Å². The summed E-state index contributed by atoms with van der Waals surface area (Å²) in [6, 6.07) is 21.9. The molecule has 1 N–H and O–H groups in total. The molecule has 4 aromatic rings. The molecule has 146 valence electrons. The SMILES string of the molecule is CC(NC(=O)CC(c1ccccc1F)c1cnc2ccccn12)c1ccccc1. The molecule has 0 radical (unpaired) electrons. The molecule has 5 heteroatoms. The Balaban J connectivity index is 1.64. The van der Waals surface area contributed by atoms with E-state index in [1.165, 1.54) is 6.07 Å². The molecule has 4 nitrogen and oxygen atoms in total. The van der Waals surface area contributed by atoms with Crippen LogP contribution in [0.5, 0.6) is 0 Å². The molecule has 0 aliphatic heterocycles. The van der Waals surface area contributed by atoms with Crippen LogP contribution in [0.1, 0.15) is 42.1 Å². The molecule has 0 saturated carbocycles. The summed E-state index contributed by atoms with van der Waals surface area (Å²) in [5.74, 6) is -0.913. The largest absolute Gasteiger partial charge is 0.350 e. The molecule has 0 bridgehead atoms. The minimum atomic E-state index is -0.448. The van der Waals surface area contributed by atoms with E-state index in [0.717, 1.165) is 16.9 Å². The molecule has 2 aromatic carbocycles. The van der Waals surface area contributed by atoms with Crippen LogP contribution in [0.25, 0.3) is 5.65 Å². The van der Waals surface area contributed by atoms with Gasteiger partial charge in [-0.25, -0.2) is 9.37 Å². The van der Waals surface area contributed by atoms with Gasteiger partial charge >= 0.3 is 0 Å². The zero-order valence-electron chi connectivity index (χ0n) is 16.1. The van der Waals surface area contributed by atoms with E-state index >= 15 is 0 Å². The van der Waals surface area contributed by atoms with Crippen molar-refractivity contribution in [3.63, 3.8) is 0 Å². The lowest BCUT2D eigenvalue weighted by Gasteiger charge is -2.20. The second-order valence-electron chi connectivity index (χ2n) is 7.09. The molecule has 0 spiro atoms. The fraction of sp³-hybridized carbons (Fsp3) is 0.167. The van der Waals surface area contributed by atoms with Crippen molar-refractivity contribution in [2.24, 2.45) is 0 Å². The fourth-order valence-corrected chi connectivity index (χ4v) is 3.65. The molecule has 2 heterocycles. The summed E-state index contributed by atoms with van der Waals surface area (Å²) >= 11 is 0. The Morgan fingerprint density at radius 1 is 1.03 bits per heavy atom. The van der Waals surface area contributed by atoms with E-state index in [-0.39, 0.29) is 24.2 Å². The van der Waals surface area contributed by atoms with Crippen molar-refractivity contribution in [2.75, 3.05) is 0 Å². The number of amides is 1. The van der Waals surface area contributed by atoms with Crippen LogP contribution in [0.2, 0.25) is 0 Å². The molecule has 0 fully saturated rings. The monoisotopic (exact) mass is 387 g/mol. The highest BCUT2D eigenvalue weighted by atomic mass is 19.1. The number of halogens is 1. The zero-order chi connectivity index (χ0) is 20.2. The van der Waals surface area contributed by atoms with Crippen LogP contribution in [0.15, 0.2) is 85.2 Å². The quantitative estimate of drug-likeness (QED) is 0.513. The average molecular weight is 387 g/mol. The van der Waals surface area contributed by atoms with Gasteiger partial charge in [-0.1, -0.05) is 54.6 Å². The molecular weight excluding hydrogens is 365 g/mol. The number of pyridine rings is 1. The predicted octanol–water partition coefficient (Wildman–Crippen LogP) is 4.87. The van der Waals surface area contributed by atoms with Gasteiger partial charge < -0.3 is 9.72 Å². The first-order valence-electron chi connectivity index (χ1n) is 9.64. The third-order valence-electron chi connectivity index (χ3n) is 5.15. The molecular formula is C24H22FN3O. The lowest BCUT2D eigenvalue weighted by molar-refractivity contribution is -0.122. The van der Waals surface area contributed by atoms with Gasteiger partial charge in [-0.3, -0.25) is 4.79 Å². The van der Waals surface area contributed by atoms with Crippen molar-refractivity contribution >= 4 is 11.6 Å². The number of benzene rings is 2. The number of nitrogens with zero attached hydrogens (tertiary/aromatic N) is 2. The second kappa shape index (κ2) is 8.27. The average Bonchev–Trinajstić information content (AvgIpc) is 3.17. The number of imidazole rings is 1. The first kappa shape index (κ1) is 18.9. The number of aromatic nitrogens is 2.